The molecule has 8 heteroatoms. The summed E-state index contributed by atoms with van der Waals surface area (Å²) in [7, 11) is 0. The smallest absolute Gasteiger partial charge is 0.267 e. The summed E-state index contributed by atoms with van der Waals surface area (Å²) in [6.07, 6.45) is 5.79. The van der Waals surface area contributed by atoms with Crippen LogP contribution >= 0.6 is 11.6 Å². The molecule has 1 aromatic heterocycles. The molecule has 0 spiro atoms. The van der Waals surface area contributed by atoms with Crippen LogP contribution in [0.2, 0.25) is 5.02 Å². The minimum absolute atomic E-state index is 0.0712. The minimum atomic E-state index is -0.639. The molecule has 1 fully saturated rings. The van der Waals surface area contributed by atoms with Crippen LogP contribution in [0.4, 0.5) is 5.69 Å². The molecule has 29 heavy (non-hydrogen) atoms. The van der Waals surface area contributed by atoms with Gasteiger partial charge in [-0.2, -0.15) is 0 Å². The zero-order valence-corrected chi connectivity index (χ0v) is 16.4. The van der Waals surface area contributed by atoms with Crippen LogP contribution in [0.1, 0.15) is 11.4 Å². The Morgan fingerprint density at radius 2 is 1.66 bits per heavy atom. The molecule has 1 aliphatic rings. The number of rotatable bonds is 5. The maximum atomic E-state index is 12.5. The van der Waals surface area contributed by atoms with Gasteiger partial charge in [0.2, 0.25) is 5.91 Å². The number of anilines is 1. The normalized spacial score (nSPS) is 14.6. The van der Waals surface area contributed by atoms with Gasteiger partial charge in [-0.05, 0) is 42.5 Å². The van der Waals surface area contributed by atoms with Crippen molar-refractivity contribution in [1.29, 1.82) is 0 Å². The minimum Gasteiger partial charge on any atom is -0.368 e. The maximum absolute atomic E-state index is 12.5. The molecule has 2 heterocycles. The van der Waals surface area contributed by atoms with Crippen molar-refractivity contribution >= 4 is 41.3 Å². The Hall–Kier alpha value is -3.16. The van der Waals surface area contributed by atoms with Crippen LogP contribution < -0.4 is 10.4 Å². The van der Waals surface area contributed by atoms with E-state index in [9.17, 15) is 9.59 Å². The van der Waals surface area contributed by atoms with Gasteiger partial charge in [0.25, 0.3) is 5.91 Å². The molecule has 150 valence electrons. The molecule has 0 radical (unpaired) electrons. The van der Waals surface area contributed by atoms with E-state index >= 15 is 0 Å². The highest BCUT2D eigenvalue weighted by Crippen LogP contribution is 2.20. The average molecular weight is 413 g/mol. The first-order chi connectivity index (χ1) is 14.0. The third-order valence-corrected chi connectivity index (χ3v) is 4.70. The van der Waals surface area contributed by atoms with Gasteiger partial charge in [-0.3, -0.25) is 14.8 Å². The first kappa shape index (κ1) is 20.6. The molecule has 0 atom stereocenters. The van der Waals surface area contributed by atoms with Gasteiger partial charge in [-0.1, -0.05) is 23.7 Å². The van der Waals surface area contributed by atoms with E-state index in [2.05, 4.69) is 9.88 Å². The number of amides is 2. The molecule has 1 aliphatic heterocycles. The fraction of sp³-hybridized carbons (Fsp3) is 0.190. The fourth-order valence-electron chi connectivity index (χ4n) is 2.97. The van der Waals surface area contributed by atoms with Crippen LogP contribution in [-0.2, 0) is 9.59 Å². The van der Waals surface area contributed by atoms with Crippen molar-refractivity contribution in [3.63, 3.8) is 0 Å². The summed E-state index contributed by atoms with van der Waals surface area (Å²) in [6, 6.07) is 13.0. The van der Waals surface area contributed by atoms with E-state index in [1.165, 1.54) is 23.7 Å². The third kappa shape index (κ3) is 5.91. The first-order valence-corrected chi connectivity index (χ1v) is 9.49. The van der Waals surface area contributed by atoms with Gasteiger partial charge < -0.3 is 9.80 Å². The predicted molar refractivity (Wildman–Crippen MR) is 112 cm³/mol. The van der Waals surface area contributed by atoms with E-state index in [-0.39, 0.29) is 5.91 Å². The van der Waals surface area contributed by atoms with Gasteiger partial charge >= 0.3 is 0 Å². The Kier molecular flexibility index (Phi) is 6.99. The fourth-order valence-corrected chi connectivity index (χ4v) is 3.16. The number of nitrogens with one attached hydrogen (secondary N) is 1. The van der Waals surface area contributed by atoms with Crippen molar-refractivity contribution < 1.29 is 14.8 Å². The summed E-state index contributed by atoms with van der Waals surface area (Å²) < 4.78 is 0. The molecule has 1 aromatic carbocycles. The average Bonchev–Trinajstić information content (AvgIpc) is 2.76. The molecule has 7 nitrogen and oxygen atoms in total. The van der Waals surface area contributed by atoms with Crippen LogP contribution in [0.5, 0.6) is 0 Å². The summed E-state index contributed by atoms with van der Waals surface area (Å²) in [4.78, 5) is 31.9. The molecule has 1 saturated heterocycles. The van der Waals surface area contributed by atoms with Crippen molar-refractivity contribution in [1.82, 2.24) is 15.4 Å². The number of hydroxylamine groups is 1. The Morgan fingerprint density at radius 1 is 1.00 bits per heavy atom. The van der Waals surface area contributed by atoms with Crippen molar-refractivity contribution in [3.8, 4) is 0 Å². The Morgan fingerprint density at radius 3 is 2.31 bits per heavy atom. The number of aromatic nitrogens is 1. The number of carbonyl (C=O) groups is 2. The number of piperazine rings is 1. The van der Waals surface area contributed by atoms with E-state index in [4.69, 9.17) is 16.8 Å². The van der Waals surface area contributed by atoms with Crippen LogP contribution in [0.3, 0.4) is 0 Å². The molecule has 0 aliphatic carbocycles. The van der Waals surface area contributed by atoms with Crippen LogP contribution in [0.25, 0.3) is 12.2 Å². The zero-order valence-electron chi connectivity index (χ0n) is 15.7. The Balaban J connectivity index is 1.56. The van der Waals surface area contributed by atoms with Crippen molar-refractivity contribution in [3.05, 3.63) is 71.0 Å². The van der Waals surface area contributed by atoms with Crippen LogP contribution in [0.15, 0.2) is 54.6 Å². The molecule has 2 aromatic rings. The van der Waals surface area contributed by atoms with Gasteiger partial charge in [0.05, 0.1) is 11.4 Å². The SMILES string of the molecule is O=C(/C=C/c1cccc(/C=C/C(=O)N2CCN(c3cccc(Cl)c3)CC2)n1)NO. The molecular formula is C21H21ClN4O3. The predicted octanol–water partition coefficient (Wildman–Crippen LogP) is 2.62. The number of nitrogens with zero attached hydrogens (tertiary/aromatic N) is 3. The van der Waals surface area contributed by atoms with E-state index in [0.29, 0.717) is 29.5 Å². The van der Waals surface area contributed by atoms with E-state index in [1.807, 2.05) is 24.3 Å². The summed E-state index contributed by atoms with van der Waals surface area (Å²) in [5.74, 6) is -0.710. The first-order valence-electron chi connectivity index (χ1n) is 9.12. The van der Waals surface area contributed by atoms with Gasteiger partial charge in [0.15, 0.2) is 0 Å². The van der Waals surface area contributed by atoms with Crippen molar-refractivity contribution in [2.24, 2.45) is 0 Å². The molecular weight excluding hydrogens is 392 g/mol. The second kappa shape index (κ2) is 9.86. The lowest BCUT2D eigenvalue weighted by Gasteiger charge is -2.35. The lowest BCUT2D eigenvalue weighted by Crippen LogP contribution is -2.48. The van der Waals surface area contributed by atoms with Gasteiger partial charge in [0, 0.05) is 49.0 Å². The van der Waals surface area contributed by atoms with E-state index in [1.54, 1.807) is 29.2 Å². The van der Waals surface area contributed by atoms with Crippen molar-refractivity contribution in [2.75, 3.05) is 31.1 Å². The summed E-state index contributed by atoms with van der Waals surface area (Å²) in [6.45, 7) is 2.74. The highest BCUT2D eigenvalue weighted by atomic mass is 35.5. The number of hydrogen-bond donors (Lipinski definition) is 2. The maximum Gasteiger partial charge on any atom is 0.267 e. The van der Waals surface area contributed by atoms with Crippen LogP contribution in [0, 0.1) is 0 Å². The summed E-state index contributed by atoms with van der Waals surface area (Å²) >= 11 is 6.06. The van der Waals surface area contributed by atoms with Gasteiger partial charge in [-0.25, -0.2) is 10.5 Å². The molecule has 0 saturated carbocycles. The highest BCUT2D eigenvalue weighted by Gasteiger charge is 2.19. The number of halogens is 1. The Bertz CT molecular complexity index is 937. The number of benzene rings is 1. The molecule has 0 bridgehead atoms. The largest absolute Gasteiger partial charge is 0.368 e. The number of carbonyl (C=O) groups excluding carboxylic acids is 2. The van der Waals surface area contributed by atoms with E-state index in [0.717, 1.165) is 18.8 Å². The second-order valence-electron chi connectivity index (χ2n) is 6.42. The summed E-state index contributed by atoms with van der Waals surface area (Å²) in [5, 5.41) is 9.20. The van der Waals surface area contributed by atoms with Gasteiger partial charge in [0.1, 0.15) is 0 Å². The number of pyridine rings is 1. The monoisotopic (exact) mass is 412 g/mol. The lowest BCUT2D eigenvalue weighted by molar-refractivity contribution is -0.126. The zero-order chi connectivity index (χ0) is 20.6. The third-order valence-electron chi connectivity index (χ3n) is 4.47. The second-order valence-corrected chi connectivity index (χ2v) is 6.86. The highest BCUT2D eigenvalue weighted by molar-refractivity contribution is 6.30. The molecule has 0 unspecified atom stereocenters. The summed E-state index contributed by atoms with van der Waals surface area (Å²) in [5.41, 5.74) is 3.71. The van der Waals surface area contributed by atoms with E-state index < -0.39 is 5.91 Å². The standard InChI is InChI=1S/C21H21ClN4O3/c22-16-3-1-6-19(15-16)25-11-13-26(14-12-25)21(28)10-8-18-5-2-4-17(23-18)7-9-20(27)24-29/h1-10,15,29H,11-14H2,(H,24,27)/b9-7+,10-8+. The molecule has 3 rings (SSSR count). The lowest BCUT2D eigenvalue weighted by atomic mass is 10.2. The van der Waals surface area contributed by atoms with Gasteiger partial charge in [-0.15, -0.1) is 0 Å². The topological polar surface area (TPSA) is 85.8 Å². The quantitative estimate of drug-likeness (QED) is 0.448. The molecule has 2 N–H and O–H groups in total. The molecule has 2 amide bonds. The van der Waals surface area contributed by atoms with Crippen LogP contribution in [-0.4, -0.2) is 53.1 Å². The Labute approximate surface area is 173 Å². The van der Waals surface area contributed by atoms with Crippen molar-refractivity contribution in [2.45, 2.75) is 0 Å². The number of hydrogen-bond acceptors (Lipinski definition) is 5.